The first kappa shape index (κ1) is 13.2. The Labute approximate surface area is 99.0 Å². The van der Waals surface area contributed by atoms with Crippen LogP contribution in [0.4, 0.5) is 0 Å². The van der Waals surface area contributed by atoms with E-state index in [1.165, 1.54) is 12.0 Å². The smallest absolute Gasteiger partial charge is 0.0717 e. The second-order valence-corrected chi connectivity index (χ2v) is 4.08. The predicted octanol–water partition coefficient (Wildman–Crippen LogP) is 2.84. The first-order valence-electron chi connectivity index (χ1n) is 6.19. The van der Waals surface area contributed by atoms with E-state index in [9.17, 15) is 0 Å². The van der Waals surface area contributed by atoms with Gasteiger partial charge in [-0.2, -0.15) is 0 Å². The number of ether oxygens (including phenoxy) is 1. The fraction of sp³-hybridized carbons (Fsp3) is 0.571. The summed E-state index contributed by atoms with van der Waals surface area (Å²) in [5, 5.41) is 3.37. The highest BCUT2D eigenvalue weighted by molar-refractivity contribution is 5.13. The summed E-state index contributed by atoms with van der Waals surface area (Å²) in [5.41, 5.74) is 1.25. The van der Waals surface area contributed by atoms with Crippen LogP contribution in [0, 0.1) is 5.92 Å². The Morgan fingerprint density at radius 1 is 1.19 bits per heavy atom. The standard InChI is InChI=1S/C14H23NO/c1-3-13(10-15-4-2)11-16-12-14-8-6-5-7-9-14/h5-9,13,15H,3-4,10-12H2,1-2H3. The molecule has 1 aromatic carbocycles. The minimum Gasteiger partial charge on any atom is -0.376 e. The third-order valence-electron chi connectivity index (χ3n) is 2.73. The van der Waals surface area contributed by atoms with Gasteiger partial charge in [0.25, 0.3) is 0 Å². The van der Waals surface area contributed by atoms with Crippen molar-refractivity contribution in [2.75, 3.05) is 19.7 Å². The molecule has 0 saturated heterocycles. The van der Waals surface area contributed by atoms with E-state index in [2.05, 4.69) is 43.4 Å². The molecule has 0 bridgehead atoms. The third-order valence-corrected chi connectivity index (χ3v) is 2.73. The molecule has 0 aliphatic heterocycles. The van der Waals surface area contributed by atoms with Crippen LogP contribution in [0.3, 0.4) is 0 Å². The normalized spacial score (nSPS) is 12.6. The first-order valence-corrected chi connectivity index (χ1v) is 6.19. The highest BCUT2D eigenvalue weighted by atomic mass is 16.5. The van der Waals surface area contributed by atoms with E-state index in [1.54, 1.807) is 0 Å². The zero-order valence-corrected chi connectivity index (χ0v) is 10.4. The predicted molar refractivity (Wildman–Crippen MR) is 68.4 cm³/mol. The van der Waals surface area contributed by atoms with Crippen LogP contribution in [0.2, 0.25) is 0 Å². The van der Waals surface area contributed by atoms with Gasteiger partial charge in [0.15, 0.2) is 0 Å². The maximum Gasteiger partial charge on any atom is 0.0717 e. The Morgan fingerprint density at radius 3 is 2.56 bits per heavy atom. The van der Waals surface area contributed by atoms with E-state index in [0.717, 1.165) is 26.3 Å². The van der Waals surface area contributed by atoms with Crippen LogP contribution < -0.4 is 5.32 Å². The van der Waals surface area contributed by atoms with Crippen molar-refractivity contribution in [3.63, 3.8) is 0 Å². The van der Waals surface area contributed by atoms with Crippen molar-refractivity contribution in [2.45, 2.75) is 26.9 Å². The van der Waals surface area contributed by atoms with Crippen LogP contribution in [0.1, 0.15) is 25.8 Å². The van der Waals surface area contributed by atoms with Gasteiger partial charge in [0.1, 0.15) is 0 Å². The summed E-state index contributed by atoms with van der Waals surface area (Å²) in [6, 6.07) is 10.3. The van der Waals surface area contributed by atoms with Gasteiger partial charge in [-0.05, 0) is 24.4 Å². The van der Waals surface area contributed by atoms with Crippen LogP contribution in [0.5, 0.6) is 0 Å². The van der Waals surface area contributed by atoms with E-state index >= 15 is 0 Å². The van der Waals surface area contributed by atoms with Gasteiger partial charge in [0.2, 0.25) is 0 Å². The number of nitrogens with one attached hydrogen (secondary N) is 1. The van der Waals surface area contributed by atoms with Crippen molar-refractivity contribution in [1.82, 2.24) is 5.32 Å². The number of hydrogen-bond acceptors (Lipinski definition) is 2. The molecule has 1 N–H and O–H groups in total. The summed E-state index contributed by atoms with van der Waals surface area (Å²) in [4.78, 5) is 0. The molecular formula is C14H23NO. The molecule has 0 fully saturated rings. The second-order valence-electron chi connectivity index (χ2n) is 4.08. The van der Waals surface area contributed by atoms with Crippen LogP contribution in [0.25, 0.3) is 0 Å². The zero-order valence-electron chi connectivity index (χ0n) is 10.4. The van der Waals surface area contributed by atoms with Gasteiger partial charge in [-0.25, -0.2) is 0 Å². The Morgan fingerprint density at radius 2 is 1.94 bits per heavy atom. The van der Waals surface area contributed by atoms with Crippen LogP contribution >= 0.6 is 0 Å². The van der Waals surface area contributed by atoms with Crippen LogP contribution in [-0.4, -0.2) is 19.7 Å². The average molecular weight is 221 g/mol. The van der Waals surface area contributed by atoms with Crippen LogP contribution in [-0.2, 0) is 11.3 Å². The summed E-state index contributed by atoms with van der Waals surface area (Å²) in [5.74, 6) is 0.628. The van der Waals surface area contributed by atoms with Crippen molar-refractivity contribution >= 4 is 0 Å². The van der Waals surface area contributed by atoms with Crippen molar-refractivity contribution < 1.29 is 4.74 Å². The van der Waals surface area contributed by atoms with E-state index in [4.69, 9.17) is 4.74 Å². The van der Waals surface area contributed by atoms with E-state index in [1.807, 2.05) is 6.07 Å². The lowest BCUT2D eigenvalue weighted by Gasteiger charge is -2.15. The molecule has 1 atom stereocenters. The largest absolute Gasteiger partial charge is 0.376 e. The average Bonchev–Trinajstić information content (AvgIpc) is 2.35. The molecule has 0 aliphatic carbocycles. The van der Waals surface area contributed by atoms with E-state index in [-0.39, 0.29) is 0 Å². The van der Waals surface area contributed by atoms with Crippen molar-refractivity contribution in [1.29, 1.82) is 0 Å². The van der Waals surface area contributed by atoms with E-state index < -0.39 is 0 Å². The maximum absolute atomic E-state index is 5.73. The van der Waals surface area contributed by atoms with Crippen molar-refractivity contribution in [3.8, 4) is 0 Å². The Bertz CT molecular complexity index is 261. The minimum atomic E-state index is 0.628. The molecule has 2 nitrogen and oxygen atoms in total. The SMILES string of the molecule is CCNCC(CC)COCc1ccccc1. The highest BCUT2D eigenvalue weighted by Gasteiger charge is 2.05. The summed E-state index contributed by atoms with van der Waals surface area (Å²) in [6.07, 6.45) is 1.17. The monoisotopic (exact) mass is 221 g/mol. The zero-order chi connectivity index (χ0) is 11.6. The second kappa shape index (κ2) is 8.31. The first-order chi connectivity index (χ1) is 7.86. The number of rotatable bonds is 8. The molecule has 16 heavy (non-hydrogen) atoms. The molecular weight excluding hydrogens is 198 g/mol. The molecule has 1 aromatic rings. The molecule has 0 heterocycles. The molecule has 1 rings (SSSR count). The Balaban J connectivity index is 2.18. The summed E-state index contributed by atoms with van der Waals surface area (Å²) < 4.78 is 5.73. The third kappa shape index (κ3) is 5.29. The minimum absolute atomic E-state index is 0.628. The van der Waals surface area contributed by atoms with Gasteiger partial charge >= 0.3 is 0 Å². The Hall–Kier alpha value is -0.860. The molecule has 0 aromatic heterocycles. The van der Waals surface area contributed by atoms with Gasteiger partial charge in [0.05, 0.1) is 13.2 Å². The lowest BCUT2D eigenvalue weighted by Crippen LogP contribution is -2.25. The van der Waals surface area contributed by atoms with Crippen LogP contribution in [0.15, 0.2) is 30.3 Å². The van der Waals surface area contributed by atoms with Gasteiger partial charge in [0, 0.05) is 6.54 Å². The lowest BCUT2D eigenvalue weighted by atomic mass is 10.1. The Kier molecular flexibility index (Phi) is 6.86. The topological polar surface area (TPSA) is 21.3 Å². The molecule has 1 unspecified atom stereocenters. The van der Waals surface area contributed by atoms with Gasteiger partial charge in [-0.3, -0.25) is 0 Å². The maximum atomic E-state index is 5.73. The lowest BCUT2D eigenvalue weighted by molar-refractivity contribution is 0.0854. The molecule has 0 saturated carbocycles. The molecule has 0 spiro atoms. The molecule has 0 radical (unpaired) electrons. The van der Waals surface area contributed by atoms with Gasteiger partial charge in [-0.15, -0.1) is 0 Å². The molecule has 90 valence electrons. The molecule has 0 amide bonds. The number of benzene rings is 1. The fourth-order valence-corrected chi connectivity index (χ4v) is 1.59. The van der Waals surface area contributed by atoms with Gasteiger partial charge in [-0.1, -0.05) is 44.2 Å². The molecule has 2 heteroatoms. The van der Waals surface area contributed by atoms with Crippen molar-refractivity contribution in [2.24, 2.45) is 5.92 Å². The van der Waals surface area contributed by atoms with Gasteiger partial charge < -0.3 is 10.1 Å². The summed E-state index contributed by atoms with van der Waals surface area (Å²) in [6.45, 7) is 8.02. The summed E-state index contributed by atoms with van der Waals surface area (Å²) in [7, 11) is 0. The molecule has 0 aliphatic rings. The number of hydrogen-bond donors (Lipinski definition) is 1. The quantitative estimate of drug-likeness (QED) is 0.729. The van der Waals surface area contributed by atoms with Crippen molar-refractivity contribution in [3.05, 3.63) is 35.9 Å². The fourth-order valence-electron chi connectivity index (χ4n) is 1.59. The summed E-state index contributed by atoms with van der Waals surface area (Å²) >= 11 is 0. The highest BCUT2D eigenvalue weighted by Crippen LogP contribution is 2.05. The van der Waals surface area contributed by atoms with E-state index in [0.29, 0.717) is 5.92 Å².